The number of carbonyl (C=O) groups excluding carboxylic acids is 1. The van der Waals surface area contributed by atoms with Crippen molar-refractivity contribution in [2.24, 2.45) is 0 Å². The molecule has 2 aromatic carbocycles. The van der Waals surface area contributed by atoms with Crippen molar-refractivity contribution < 1.29 is 13.2 Å². The molecule has 1 saturated heterocycles. The lowest BCUT2D eigenvalue weighted by Crippen LogP contribution is -2.36. The highest BCUT2D eigenvalue weighted by Gasteiger charge is 2.28. The molecule has 0 aliphatic carbocycles. The molecule has 1 aliphatic rings. The van der Waals surface area contributed by atoms with E-state index in [1.807, 2.05) is 30.3 Å². The number of hydrogen-bond donors (Lipinski definition) is 1. The molecule has 0 atom stereocenters. The van der Waals surface area contributed by atoms with Crippen LogP contribution in [0.2, 0.25) is 0 Å². The van der Waals surface area contributed by atoms with Crippen molar-refractivity contribution in [1.29, 1.82) is 0 Å². The molecule has 1 aliphatic heterocycles. The summed E-state index contributed by atoms with van der Waals surface area (Å²) in [6.07, 6.45) is 2.78. The van der Waals surface area contributed by atoms with Crippen molar-refractivity contribution in [3.8, 4) is 5.69 Å². The molecule has 0 spiro atoms. The van der Waals surface area contributed by atoms with Crippen molar-refractivity contribution in [1.82, 2.24) is 19.3 Å². The normalized spacial score (nSPS) is 15.0. The summed E-state index contributed by atoms with van der Waals surface area (Å²) in [5, 5.41) is 11.4. The standard InChI is InChI=1S/C22H25N5O3S/c1-16-11-12-18(15-20(16)31(29,30)26-13-7-4-8-14-26)23-22(28)21-17(2)24-27(25-21)19-9-5-3-6-10-19/h3,5-6,9-12,15H,4,7-8,13-14H2,1-2H3,(H,23,28). The SMILES string of the molecule is Cc1ccc(NC(=O)c2nn(-c3ccccc3)nc2C)cc1S(=O)(=O)N1CCCCC1. The maximum Gasteiger partial charge on any atom is 0.278 e. The van der Waals surface area contributed by atoms with Crippen LogP contribution < -0.4 is 5.32 Å². The summed E-state index contributed by atoms with van der Waals surface area (Å²) in [5.41, 5.74) is 2.46. The summed E-state index contributed by atoms with van der Waals surface area (Å²) in [6, 6.07) is 14.2. The van der Waals surface area contributed by atoms with Crippen LogP contribution in [-0.4, -0.2) is 46.7 Å². The predicted octanol–water partition coefficient (Wildman–Crippen LogP) is 3.31. The van der Waals surface area contributed by atoms with Gasteiger partial charge in [0.25, 0.3) is 5.91 Å². The topological polar surface area (TPSA) is 97.2 Å². The molecule has 0 radical (unpaired) electrons. The Kier molecular flexibility index (Phi) is 5.88. The zero-order valence-corrected chi connectivity index (χ0v) is 18.4. The molecule has 3 aromatic rings. The van der Waals surface area contributed by atoms with Crippen molar-refractivity contribution in [3.63, 3.8) is 0 Å². The van der Waals surface area contributed by atoms with Gasteiger partial charge in [0.2, 0.25) is 10.0 Å². The van der Waals surface area contributed by atoms with E-state index in [2.05, 4.69) is 15.5 Å². The van der Waals surface area contributed by atoms with Gasteiger partial charge in [0.15, 0.2) is 5.69 Å². The van der Waals surface area contributed by atoms with Gasteiger partial charge in [-0.05, 0) is 56.5 Å². The number of rotatable bonds is 5. The van der Waals surface area contributed by atoms with Crippen LogP contribution in [0, 0.1) is 13.8 Å². The quantitative estimate of drug-likeness (QED) is 0.658. The number of carbonyl (C=O) groups is 1. The monoisotopic (exact) mass is 439 g/mol. The van der Waals surface area contributed by atoms with Crippen LogP contribution in [0.15, 0.2) is 53.4 Å². The Morgan fingerprint density at radius 3 is 2.39 bits per heavy atom. The summed E-state index contributed by atoms with van der Waals surface area (Å²) < 4.78 is 27.8. The molecule has 162 valence electrons. The molecule has 4 rings (SSSR count). The number of aromatic nitrogens is 3. The molecular weight excluding hydrogens is 414 g/mol. The summed E-state index contributed by atoms with van der Waals surface area (Å²) >= 11 is 0. The molecule has 0 unspecified atom stereocenters. The van der Waals surface area contributed by atoms with Crippen LogP contribution in [0.25, 0.3) is 5.69 Å². The third kappa shape index (κ3) is 4.38. The van der Waals surface area contributed by atoms with Gasteiger partial charge in [-0.2, -0.15) is 14.2 Å². The summed E-state index contributed by atoms with van der Waals surface area (Å²) in [5.74, 6) is -0.440. The van der Waals surface area contributed by atoms with E-state index in [-0.39, 0.29) is 10.6 Å². The van der Waals surface area contributed by atoms with Gasteiger partial charge in [-0.25, -0.2) is 8.42 Å². The number of anilines is 1. The molecule has 1 amide bonds. The highest BCUT2D eigenvalue weighted by molar-refractivity contribution is 7.89. The Hall–Kier alpha value is -3.04. The van der Waals surface area contributed by atoms with Gasteiger partial charge in [0, 0.05) is 18.8 Å². The van der Waals surface area contributed by atoms with E-state index in [0.717, 1.165) is 24.9 Å². The van der Waals surface area contributed by atoms with Gasteiger partial charge in [0.1, 0.15) is 0 Å². The minimum absolute atomic E-state index is 0.185. The fraction of sp³-hybridized carbons (Fsp3) is 0.318. The molecule has 1 fully saturated rings. The van der Waals surface area contributed by atoms with E-state index in [1.165, 1.54) is 15.2 Å². The molecule has 31 heavy (non-hydrogen) atoms. The van der Waals surface area contributed by atoms with Crippen LogP contribution >= 0.6 is 0 Å². The zero-order valence-electron chi connectivity index (χ0n) is 17.6. The Morgan fingerprint density at radius 2 is 1.68 bits per heavy atom. The second-order valence-electron chi connectivity index (χ2n) is 7.66. The summed E-state index contributed by atoms with van der Waals surface area (Å²) in [7, 11) is -3.61. The van der Waals surface area contributed by atoms with Crippen molar-refractivity contribution in [3.05, 3.63) is 65.5 Å². The maximum absolute atomic E-state index is 13.1. The number of hydrogen-bond acceptors (Lipinski definition) is 5. The maximum atomic E-state index is 13.1. The number of para-hydroxylation sites is 1. The zero-order chi connectivity index (χ0) is 22.0. The van der Waals surface area contributed by atoms with E-state index in [9.17, 15) is 13.2 Å². The lowest BCUT2D eigenvalue weighted by Gasteiger charge is -2.26. The van der Waals surface area contributed by atoms with Gasteiger partial charge >= 0.3 is 0 Å². The number of nitrogens with zero attached hydrogens (tertiary/aromatic N) is 4. The Labute approximate surface area is 181 Å². The lowest BCUT2D eigenvalue weighted by atomic mass is 10.2. The van der Waals surface area contributed by atoms with Gasteiger partial charge < -0.3 is 5.32 Å². The van der Waals surface area contributed by atoms with Gasteiger partial charge in [-0.3, -0.25) is 4.79 Å². The van der Waals surface area contributed by atoms with Crippen LogP contribution in [-0.2, 0) is 10.0 Å². The fourth-order valence-corrected chi connectivity index (χ4v) is 5.42. The second-order valence-corrected chi connectivity index (χ2v) is 9.56. The minimum atomic E-state index is -3.61. The van der Waals surface area contributed by atoms with E-state index in [1.54, 1.807) is 26.0 Å². The lowest BCUT2D eigenvalue weighted by molar-refractivity contribution is 0.102. The van der Waals surface area contributed by atoms with Gasteiger partial charge in [0.05, 0.1) is 16.3 Å². The molecule has 1 aromatic heterocycles. The first-order valence-electron chi connectivity index (χ1n) is 10.3. The molecule has 8 nitrogen and oxygen atoms in total. The van der Waals surface area contributed by atoms with Crippen molar-refractivity contribution in [2.75, 3.05) is 18.4 Å². The first kappa shape index (κ1) is 21.2. The van der Waals surface area contributed by atoms with E-state index in [4.69, 9.17) is 0 Å². The van der Waals surface area contributed by atoms with Crippen LogP contribution in [0.3, 0.4) is 0 Å². The van der Waals surface area contributed by atoms with E-state index >= 15 is 0 Å². The van der Waals surface area contributed by atoms with E-state index < -0.39 is 15.9 Å². The first-order chi connectivity index (χ1) is 14.9. The number of aryl methyl sites for hydroxylation is 2. The van der Waals surface area contributed by atoms with Gasteiger partial charge in [-0.1, -0.05) is 30.7 Å². The Bertz CT molecular complexity index is 1200. The highest BCUT2D eigenvalue weighted by atomic mass is 32.2. The van der Waals surface area contributed by atoms with Crippen LogP contribution in [0.5, 0.6) is 0 Å². The van der Waals surface area contributed by atoms with Crippen molar-refractivity contribution >= 4 is 21.6 Å². The van der Waals surface area contributed by atoms with Crippen LogP contribution in [0.4, 0.5) is 5.69 Å². The average molecular weight is 440 g/mol. The number of benzene rings is 2. The summed E-state index contributed by atoms with van der Waals surface area (Å²) in [4.78, 5) is 14.5. The van der Waals surface area contributed by atoms with Gasteiger partial charge in [-0.15, -0.1) is 5.10 Å². The first-order valence-corrected chi connectivity index (χ1v) is 11.7. The molecule has 9 heteroatoms. The molecule has 2 heterocycles. The van der Waals surface area contributed by atoms with E-state index in [0.29, 0.717) is 30.0 Å². The van der Waals surface area contributed by atoms with Crippen molar-refractivity contribution in [2.45, 2.75) is 38.0 Å². The second kappa shape index (κ2) is 8.60. The number of piperidine rings is 1. The third-order valence-corrected chi connectivity index (χ3v) is 7.40. The molecule has 0 bridgehead atoms. The molecule has 1 N–H and O–H groups in total. The fourth-order valence-electron chi connectivity index (χ4n) is 3.66. The smallest absolute Gasteiger partial charge is 0.278 e. The Balaban J connectivity index is 1.58. The molecule has 0 saturated carbocycles. The minimum Gasteiger partial charge on any atom is -0.320 e. The largest absolute Gasteiger partial charge is 0.320 e. The Morgan fingerprint density at radius 1 is 0.968 bits per heavy atom. The summed E-state index contributed by atoms with van der Waals surface area (Å²) in [6.45, 7) is 4.53. The number of nitrogens with one attached hydrogen (secondary N) is 1. The third-order valence-electron chi connectivity index (χ3n) is 5.36. The number of amides is 1. The molecular formula is C22H25N5O3S. The highest BCUT2D eigenvalue weighted by Crippen LogP contribution is 2.26. The predicted molar refractivity (Wildman–Crippen MR) is 118 cm³/mol. The van der Waals surface area contributed by atoms with Crippen LogP contribution in [0.1, 0.15) is 41.0 Å². The average Bonchev–Trinajstić information content (AvgIpc) is 3.18. The number of sulfonamides is 1.